The Kier molecular flexibility index (Phi) is 9.42. The summed E-state index contributed by atoms with van der Waals surface area (Å²) in [4.78, 5) is 0. The van der Waals surface area contributed by atoms with Gasteiger partial charge in [0.1, 0.15) is 6.54 Å². The Morgan fingerprint density at radius 1 is 0.857 bits per heavy atom. The van der Waals surface area contributed by atoms with E-state index >= 15 is 0 Å². The lowest BCUT2D eigenvalue weighted by molar-refractivity contribution is -0.661. The average molecular weight is 442 g/mol. The zero-order valence-electron chi connectivity index (χ0n) is 17.1. The molecule has 0 amide bonds. The van der Waals surface area contributed by atoms with Crippen LogP contribution in [0, 0.1) is 6.92 Å². The predicted molar refractivity (Wildman–Crippen MR) is 111 cm³/mol. The molecule has 1 heterocycles. The van der Waals surface area contributed by atoms with Gasteiger partial charge < -0.3 is 17.0 Å². The third-order valence-electron chi connectivity index (χ3n) is 5.07. The van der Waals surface area contributed by atoms with Crippen molar-refractivity contribution in [3.05, 3.63) is 77.6 Å². The second-order valence-electron chi connectivity index (χ2n) is 7.45. The molecule has 0 atom stereocenters. The van der Waals surface area contributed by atoms with Gasteiger partial charge in [-0.05, 0) is 31.0 Å². The van der Waals surface area contributed by atoms with Crippen LogP contribution in [0.2, 0.25) is 0 Å². The Hall–Kier alpha value is -1.94. The first-order valence-corrected chi connectivity index (χ1v) is 10.4. The van der Waals surface area contributed by atoms with Gasteiger partial charge in [0.15, 0.2) is 17.6 Å². The van der Waals surface area contributed by atoms with Crippen LogP contribution in [0.25, 0.3) is 5.69 Å². The van der Waals surface area contributed by atoms with E-state index in [9.17, 15) is 0 Å². The molecule has 0 fully saturated rings. The fourth-order valence-electron chi connectivity index (χ4n) is 3.40. The molecule has 3 nitrogen and oxygen atoms in total. The molecule has 3 rings (SSSR count). The fourth-order valence-corrected chi connectivity index (χ4v) is 3.40. The molecule has 0 bridgehead atoms. The van der Waals surface area contributed by atoms with Crippen LogP contribution in [-0.4, -0.2) is 9.90 Å². The van der Waals surface area contributed by atoms with Gasteiger partial charge in [0.2, 0.25) is 0 Å². The van der Waals surface area contributed by atoms with Crippen molar-refractivity contribution in [3.63, 3.8) is 0 Å². The van der Waals surface area contributed by atoms with Gasteiger partial charge in [-0.25, -0.2) is 0 Å². The van der Waals surface area contributed by atoms with Crippen molar-refractivity contribution >= 4 is 0 Å². The van der Waals surface area contributed by atoms with E-state index in [1.54, 1.807) is 0 Å². The van der Waals surface area contributed by atoms with E-state index in [0.29, 0.717) is 0 Å². The van der Waals surface area contributed by atoms with Crippen molar-refractivity contribution in [2.24, 2.45) is 0 Å². The highest BCUT2D eigenvalue weighted by Crippen LogP contribution is 2.11. The summed E-state index contributed by atoms with van der Waals surface area (Å²) in [5.41, 5.74) is 5.00. The molecular formula is C24H32BrN3. The number of unbranched alkanes of at least 4 members (excludes halogenated alkanes) is 5. The first-order chi connectivity index (χ1) is 13.3. The highest BCUT2D eigenvalue weighted by molar-refractivity contribution is 5.26. The minimum absolute atomic E-state index is 0. The number of hydrogen-bond acceptors (Lipinski definition) is 1. The normalized spacial score (nSPS) is 10.6. The summed E-state index contributed by atoms with van der Waals surface area (Å²) in [6.07, 6.45) is 11.2. The molecule has 4 heteroatoms. The highest BCUT2D eigenvalue weighted by atomic mass is 79.9. The maximum absolute atomic E-state index is 4.87. The molecule has 3 aromatic rings. The third-order valence-corrected chi connectivity index (χ3v) is 5.07. The molecule has 2 aromatic carbocycles. The molecule has 0 aliphatic carbocycles. The van der Waals surface area contributed by atoms with Gasteiger partial charge >= 0.3 is 0 Å². The highest BCUT2D eigenvalue weighted by Gasteiger charge is 2.17. The van der Waals surface area contributed by atoms with E-state index in [-0.39, 0.29) is 17.0 Å². The van der Waals surface area contributed by atoms with E-state index in [1.807, 2.05) is 4.68 Å². The van der Waals surface area contributed by atoms with Gasteiger partial charge in [0.25, 0.3) is 0 Å². The summed E-state index contributed by atoms with van der Waals surface area (Å²) in [6.45, 7) is 5.21. The van der Waals surface area contributed by atoms with E-state index in [0.717, 1.165) is 18.7 Å². The van der Waals surface area contributed by atoms with Crippen molar-refractivity contribution in [1.29, 1.82) is 0 Å². The molecular weight excluding hydrogens is 410 g/mol. The largest absolute Gasteiger partial charge is 1.00 e. The van der Waals surface area contributed by atoms with Crippen molar-refractivity contribution < 1.29 is 21.7 Å². The topological polar surface area (TPSA) is 21.7 Å². The van der Waals surface area contributed by atoms with E-state index < -0.39 is 0 Å². The van der Waals surface area contributed by atoms with Crippen molar-refractivity contribution in [3.8, 4) is 5.69 Å². The smallest absolute Gasteiger partial charge is 0.168 e. The second-order valence-corrected chi connectivity index (χ2v) is 7.45. The Labute approximate surface area is 180 Å². The van der Waals surface area contributed by atoms with Crippen molar-refractivity contribution in [2.45, 2.75) is 65.3 Å². The molecule has 0 aliphatic heterocycles. The predicted octanol–water partition coefficient (Wildman–Crippen LogP) is 2.42. The summed E-state index contributed by atoms with van der Waals surface area (Å²) in [7, 11) is 0. The SMILES string of the molecule is CCCCCCCCc1c[n+](-c2ccc(C)cc2)nn1Cc1ccccc1.[Br-]. The van der Waals surface area contributed by atoms with Gasteiger partial charge in [-0.1, -0.05) is 87.1 Å². The molecule has 1 aromatic heterocycles. The lowest BCUT2D eigenvalue weighted by Gasteiger charge is -2.01. The van der Waals surface area contributed by atoms with Crippen molar-refractivity contribution in [2.75, 3.05) is 0 Å². The van der Waals surface area contributed by atoms with Gasteiger partial charge in [-0.15, -0.1) is 9.36 Å². The first-order valence-electron chi connectivity index (χ1n) is 10.4. The molecule has 0 unspecified atom stereocenters. The minimum atomic E-state index is 0. The third kappa shape index (κ3) is 6.59. The summed E-state index contributed by atoms with van der Waals surface area (Å²) >= 11 is 0. The summed E-state index contributed by atoms with van der Waals surface area (Å²) in [5.74, 6) is 0. The molecule has 0 N–H and O–H groups in total. The average Bonchev–Trinajstić information content (AvgIpc) is 3.08. The van der Waals surface area contributed by atoms with Crippen LogP contribution in [-0.2, 0) is 13.0 Å². The number of nitrogens with zero attached hydrogens (tertiary/aromatic N) is 3. The zero-order valence-corrected chi connectivity index (χ0v) is 18.7. The number of aryl methyl sites for hydroxylation is 2. The number of hydrogen-bond donors (Lipinski definition) is 0. The number of rotatable bonds is 10. The van der Waals surface area contributed by atoms with E-state index in [2.05, 4.69) is 79.3 Å². The maximum atomic E-state index is 4.87. The molecule has 0 spiro atoms. The molecule has 28 heavy (non-hydrogen) atoms. The fraction of sp³-hybridized carbons (Fsp3) is 0.417. The van der Waals surface area contributed by atoms with E-state index in [4.69, 9.17) is 5.21 Å². The monoisotopic (exact) mass is 441 g/mol. The molecule has 150 valence electrons. The lowest BCUT2D eigenvalue weighted by atomic mass is 10.1. The van der Waals surface area contributed by atoms with Crippen LogP contribution in [0.3, 0.4) is 0 Å². The van der Waals surface area contributed by atoms with Crippen LogP contribution in [0.15, 0.2) is 60.8 Å². The Balaban J connectivity index is 0.00000280. The van der Waals surface area contributed by atoms with Crippen LogP contribution in [0.5, 0.6) is 0 Å². The molecule has 0 saturated carbocycles. The first kappa shape index (κ1) is 22.4. The van der Waals surface area contributed by atoms with Crippen LogP contribution >= 0.6 is 0 Å². The summed E-state index contributed by atoms with van der Waals surface area (Å²) in [5, 5.41) is 4.87. The second kappa shape index (κ2) is 11.8. The van der Waals surface area contributed by atoms with Crippen LogP contribution in [0.1, 0.15) is 62.3 Å². The Bertz CT molecular complexity index is 810. The quantitative estimate of drug-likeness (QED) is 0.349. The van der Waals surface area contributed by atoms with Gasteiger partial charge in [-0.2, -0.15) is 0 Å². The molecule has 0 saturated heterocycles. The standard InChI is InChI=1S/C24H32N3.BrH/c1-3-4-5-6-7-11-14-24-20-27(23-17-15-21(2)16-18-23)25-26(24)19-22-12-9-8-10-13-22;/h8-10,12-13,15-18,20H,3-7,11,14,19H2,1-2H3;1H/q+1;/p-1. The number of aromatic nitrogens is 3. The van der Waals surface area contributed by atoms with Gasteiger partial charge in [0.05, 0.1) is 5.21 Å². The maximum Gasteiger partial charge on any atom is 0.168 e. The minimum Gasteiger partial charge on any atom is -1.00 e. The zero-order chi connectivity index (χ0) is 18.9. The molecule has 0 aliphatic rings. The van der Waals surface area contributed by atoms with Crippen molar-refractivity contribution in [1.82, 2.24) is 9.90 Å². The van der Waals surface area contributed by atoms with E-state index in [1.165, 1.54) is 55.3 Å². The number of benzene rings is 2. The summed E-state index contributed by atoms with van der Waals surface area (Å²) in [6, 6.07) is 19.2. The van der Waals surface area contributed by atoms with Gasteiger partial charge in [0, 0.05) is 6.42 Å². The Morgan fingerprint density at radius 2 is 1.54 bits per heavy atom. The number of halogens is 1. The Morgan fingerprint density at radius 3 is 2.25 bits per heavy atom. The molecule has 0 radical (unpaired) electrons. The van der Waals surface area contributed by atoms with Crippen LogP contribution < -0.4 is 21.7 Å². The lowest BCUT2D eigenvalue weighted by Crippen LogP contribution is -3.00. The summed E-state index contributed by atoms with van der Waals surface area (Å²) < 4.78 is 4.19. The van der Waals surface area contributed by atoms with Crippen LogP contribution in [0.4, 0.5) is 0 Å². The van der Waals surface area contributed by atoms with Gasteiger partial charge in [-0.3, -0.25) is 0 Å².